The van der Waals surface area contributed by atoms with Gasteiger partial charge in [0.15, 0.2) is 12.4 Å². The van der Waals surface area contributed by atoms with Crippen LogP contribution in [0.3, 0.4) is 0 Å². The molecule has 1 aromatic carbocycles. The molecule has 8 nitrogen and oxygen atoms in total. The molecule has 1 atom stereocenters. The van der Waals surface area contributed by atoms with Crippen molar-refractivity contribution in [1.82, 2.24) is 4.98 Å². The van der Waals surface area contributed by atoms with Crippen LogP contribution in [0.5, 0.6) is 5.75 Å². The van der Waals surface area contributed by atoms with Crippen LogP contribution >= 0.6 is 0 Å². The van der Waals surface area contributed by atoms with Gasteiger partial charge in [0.25, 0.3) is 0 Å². The average molecular weight is 394 g/mol. The van der Waals surface area contributed by atoms with Crippen molar-refractivity contribution >= 4 is 21.3 Å². The third kappa shape index (κ3) is 5.51. The quantitative estimate of drug-likeness (QED) is 0.340. The number of aromatic nitrogens is 2. The minimum atomic E-state index is -4.41. The van der Waals surface area contributed by atoms with Gasteiger partial charge in [-0.3, -0.25) is 4.18 Å². The standard InChI is InChI=1S/C17H18N2O2.CH4O4S/c1-19-9-5-12(6-10-19)13(7-11-20)14-2-3-16-15(17(14)21)4-8-18-16;1-5-6(2,3)4/h2-6,8-10,13,18,20H,7,11H2,1H3;1H3,(H,2,3,4). The third-order valence-corrected chi connectivity index (χ3v) is 4.55. The van der Waals surface area contributed by atoms with E-state index in [0.29, 0.717) is 12.2 Å². The van der Waals surface area contributed by atoms with E-state index in [4.69, 9.17) is 0 Å². The first-order valence-electron chi connectivity index (χ1n) is 8.13. The zero-order valence-corrected chi connectivity index (χ0v) is 15.8. The van der Waals surface area contributed by atoms with E-state index in [2.05, 4.69) is 9.17 Å². The number of rotatable bonds is 5. The van der Waals surface area contributed by atoms with Crippen LogP contribution in [-0.4, -0.2) is 41.9 Å². The summed E-state index contributed by atoms with van der Waals surface area (Å²) in [7, 11) is -1.64. The Morgan fingerprint density at radius 3 is 2.41 bits per heavy atom. The number of nitrogens with zero attached hydrogens (tertiary/aromatic N) is 1. The lowest BCUT2D eigenvalue weighted by atomic mass is 9.88. The highest BCUT2D eigenvalue weighted by Crippen LogP contribution is 2.37. The van der Waals surface area contributed by atoms with Crippen LogP contribution in [0.15, 0.2) is 48.9 Å². The van der Waals surface area contributed by atoms with E-state index in [9.17, 15) is 23.2 Å². The SMILES string of the molecule is COS(=O)(=O)[O-].C[n+]1ccc(C(CCO)c2ccc3[nH]ccc3c2O)cc1. The maximum atomic E-state index is 10.5. The second-order valence-electron chi connectivity index (χ2n) is 5.88. The molecule has 3 N–H and O–H groups in total. The Morgan fingerprint density at radius 1 is 1.22 bits per heavy atom. The molecule has 0 aliphatic heterocycles. The molecule has 146 valence electrons. The number of nitrogens with one attached hydrogen (secondary N) is 1. The highest BCUT2D eigenvalue weighted by Gasteiger charge is 2.19. The van der Waals surface area contributed by atoms with Gasteiger partial charge >= 0.3 is 0 Å². The second-order valence-corrected chi connectivity index (χ2v) is 7.03. The minimum Gasteiger partial charge on any atom is -0.726 e. The van der Waals surface area contributed by atoms with Gasteiger partial charge in [-0.1, -0.05) is 6.07 Å². The van der Waals surface area contributed by atoms with Crippen molar-refractivity contribution in [2.75, 3.05) is 13.7 Å². The molecular formula is C18H22N2O6S. The first kappa shape index (κ1) is 20.8. The van der Waals surface area contributed by atoms with E-state index in [1.54, 1.807) is 0 Å². The third-order valence-electron chi connectivity index (χ3n) is 4.14. The smallest absolute Gasteiger partial charge is 0.217 e. The van der Waals surface area contributed by atoms with Crippen molar-refractivity contribution in [1.29, 1.82) is 0 Å². The average Bonchev–Trinajstić information content (AvgIpc) is 3.11. The van der Waals surface area contributed by atoms with Crippen LogP contribution < -0.4 is 4.57 Å². The van der Waals surface area contributed by atoms with Crippen LogP contribution in [0.25, 0.3) is 10.9 Å². The molecule has 0 fully saturated rings. The Bertz CT molecular complexity index is 983. The summed E-state index contributed by atoms with van der Waals surface area (Å²) in [5.74, 6) is 0.274. The van der Waals surface area contributed by atoms with Gasteiger partial charge in [-0.25, -0.2) is 13.0 Å². The molecule has 0 aliphatic carbocycles. The van der Waals surface area contributed by atoms with E-state index < -0.39 is 10.4 Å². The molecule has 0 aliphatic rings. The lowest BCUT2D eigenvalue weighted by Gasteiger charge is -2.18. The lowest BCUT2D eigenvalue weighted by molar-refractivity contribution is -0.671. The Balaban J connectivity index is 0.000000380. The Morgan fingerprint density at radius 2 is 1.85 bits per heavy atom. The number of benzene rings is 1. The number of aliphatic hydroxyl groups is 1. The maximum absolute atomic E-state index is 10.5. The number of aromatic hydroxyl groups is 1. The first-order valence-corrected chi connectivity index (χ1v) is 9.46. The van der Waals surface area contributed by atoms with Crippen LogP contribution in [0.4, 0.5) is 0 Å². The topological polar surface area (TPSA) is 127 Å². The van der Waals surface area contributed by atoms with E-state index in [1.807, 2.05) is 60.5 Å². The Hall–Kier alpha value is -2.46. The van der Waals surface area contributed by atoms with Crippen LogP contribution in [0, 0.1) is 0 Å². The van der Waals surface area contributed by atoms with E-state index in [-0.39, 0.29) is 12.5 Å². The van der Waals surface area contributed by atoms with Crippen LogP contribution in [0.1, 0.15) is 23.5 Å². The van der Waals surface area contributed by atoms with Crippen molar-refractivity contribution in [3.8, 4) is 5.75 Å². The number of phenols is 1. The normalized spacial score (nSPS) is 12.4. The van der Waals surface area contributed by atoms with Crippen LogP contribution in [0.2, 0.25) is 0 Å². The van der Waals surface area contributed by atoms with Gasteiger partial charge < -0.3 is 19.7 Å². The molecule has 3 rings (SSSR count). The van der Waals surface area contributed by atoms with E-state index >= 15 is 0 Å². The Labute approximate surface area is 157 Å². The monoisotopic (exact) mass is 394 g/mol. The lowest BCUT2D eigenvalue weighted by Crippen LogP contribution is -2.26. The van der Waals surface area contributed by atoms with Gasteiger partial charge in [0, 0.05) is 47.3 Å². The van der Waals surface area contributed by atoms with Gasteiger partial charge in [-0.15, -0.1) is 0 Å². The highest BCUT2D eigenvalue weighted by atomic mass is 32.3. The molecular weight excluding hydrogens is 372 g/mol. The fourth-order valence-electron chi connectivity index (χ4n) is 2.79. The number of hydrogen-bond donors (Lipinski definition) is 3. The number of hydrogen-bond acceptors (Lipinski definition) is 6. The summed E-state index contributed by atoms with van der Waals surface area (Å²) >= 11 is 0. The molecule has 2 heterocycles. The molecule has 1 unspecified atom stereocenters. The van der Waals surface area contributed by atoms with Gasteiger partial charge in [-0.05, 0) is 24.1 Å². The van der Waals surface area contributed by atoms with Gasteiger partial charge in [0.2, 0.25) is 10.4 Å². The number of pyridine rings is 1. The fraction of sp³-hybridized carbons (Fsp3) is 0.278. The van der Waals surface area contributed by atoms with Gasteiger partial charge in [0.05, 0.1) is 7.11 Å². The molecule has 0 saturated carbocycles. The number of phenolic OH excluding ortho intramolecular Hbond substituents is 1. The largest absolute Gasteiger partial charge is 0.726 e. The molecule has 27 heavy (non-hydrogen) atoms. The summed E-state index contributed by atoms with van der Waals surface area (Å²) in [6.07, 6.45) is 6.35. The van der Waals surface area contributed by atoms with Crippen molar-refractivity contribution in [2.24, 2.45) is 7.05 Å². The number of aryl methyl sites for hydroxylation is 1. The first-order chi connectivity index (χ1) is 12.8. The number of fused-ring (bicyclic) bond motifs is 1. The molecule has 3 aromatic rings. The summed E-state index contributed by atoms with van der Waals surface area (Å²) in [6.45, 7) is 0.0797. The Kier molecular flexibility index (Phi) is 6.92. The molecule has 0 saturated heterocycles. The zero-order valence-electron chi connectivity index (χ0n) is 15.0. The summed E-state index contributed by atoms with van der Waals surface area (Å²) in [4.78, 5) is 3.09. The predicted octanol–water partition coefficient (Wildman–Crippen LogP) is 1.31. The maximum Gasteiger partial charge on any atom is 0.217 e. The van der Waals surface area contributed by atoms with E-state index in [1.165, 1.54) is 0 Å². The minimum absolute atomic E-state index is 0.0181. The molecule has 9 heteroatoms. The second kappa shape index (κ2) is 8.96. The number of aromatic amines is 1. The summed E-state index contributed by atoms with van der Waals surface area (Å²) in [5, 5.41) is 20.7. The molecule has 2 aromatic heterocycles. The van der Waals surface area contributed by atoms with Crippen molar-refractivity contribution in [2.45, 2.75) is 12.3 Å². The van der Waals surface area contributed by atoms with Crippen molar-refractivity contribution in [3.63, 3.8) is 0 Å². The van der Waals surface area contributed by atoms with Crippen molar-refractivity contribution < 1.29 is 31.9 Å². The fourth-order valence-corrected chi connectivity index (χ4v) is 2.79. The molecule has 0 radical (unpaired) electrons. The van der Waals surface area contributed by atoms with Crippen LogP contribution in [-0.2, 0) is 21.6 Å². The molecule has 0 amide bonds. The van der Waals surface area contributed by atoms with Crippen molar-refractivity contribution in [3.05, 3.63) is 60.0 Å². The van der Waals surface area contributed by atoms with E-state index in [0.717, 1.165) is 29.1 Å². The highest BCUT2D eigenvalue weighted by molar-refractivity contribution is 7.80. The summed E-state index contributed by atoms with van der Waals surface area (Å²) < 4.78 is 33.0. The molecule has 0 bridgehead atoms. The zero-order chi connectivity index (χ0) is 20.0. The summed E-state index contributed by atoms with van der Waals surface area (Å²) in [5.41, 5.74) is 2.86. The molecule has 0 spiro atoms. The predicted molar refractivity (Wildman–Crippen MR) is 97.8 cm³/mol. The van der Waals surface area contributed by atoms with Gasteiger partial charge in [0.1, 0.15) is 12.8 Å². The number of aliphatic hydroxyl groups excluding tert-OH is 1. The summed E-state index contributed by atoms with van der Waals surface area (Å²) in [6, 6.07) is 9.83. The number of H-pyrrole nitrogens is 1. The van der Waals surface area contributed by atoms with Gasteiger partial charge in [-0.2, -0.15) is 0 Å².